The Balaban J connectivity index is 1.69. The van der Waals surface area contributed by atoms with Gasteiger partial charge in [0.15, 0.2) is 5.82 Å². The van der Waals surface area contributed by atoms with E-state index in [0.717, 1.165) is 15.8 Å². The maximum atomic E-state index is 13.6. The van der Waals surface area contributed by atoms with E-state index in [1.807, 2.05) is 24.3 Å². The van der Waals surface area contributed by atoms with Gasteiger partial charge in [0.05, 0.1) is 16.1 Å². The van der Waals surface area contributed by atoms with E-state index in [0.29, 0.717) is 13.0 Å². The second-order valence-corrected chi connectivity index (χ2v) is 10.9. The predicted octanol–water partition coefficient (Wildman–Crippen LogP) is 3.63. The minimum Gasteiger partial charge on any atom is -0.478 e. The molecule has 0 saturated carbocycles. The number of carboxylic acids is 1. The Labute approximate surface area is 235 Å². The number of hydrogen-bond donors (Lipinski definition) is 2. The van der Waals surface area contributed by atoms with Crippen LogP contribution in [0.15, 0.2) is 42.5 Å². The van der Waals surface area contributed by atoms with Gasteiger partial charge in [-0.05, 0) is 29.7 Å². The third-order valence-corrected chi connectivity index (χ3v) is 6.94. The second kappa shape index (κ2) is 11.6. The summed E-state index contributed by atoms with van der Waals surface area (Å²) >= 11 is 6.27. The number of carbonyl (C=O) groups is 4. The van der Waals surface area contributed by atoms with Crippen LogP contribution < -0.4 is 10.5 Å². The molecule has 12 heteroatoms. The van der Waals surface area contributed by atoms with Crippen LogP contribution in [-0.4, -0.2) is 55.0 Å². The van der Waals surface area contributed by atoms with Gasteiger partial charge in [0, 0.05) is 30.8 Å². The first-order chi connectivity index (χ1) is 18.9. The molecule has 0 aliphatic carbocycles. The molecule has 2 heterocycles. The molecule has 0 bridgehead atoms. The van der Waals surface area contributed by atoms with Gasteiger partial charge in [-0.15, -0.1) is 9.78 Å². The van der Waals surface area contributed by atoms with Gasteiger partial charge in [-0.3, -0.25) is 19.3 Å². The molecule has 40 heavy (non-hydrogen) atoms. The number of carbonyl (C=O) groups excluding carboxylic acids is 3. The van der Waals surface area contributed by atoms with Crippen molar-refractivity contribution in [3.63, 3.8) is 0 Å². The molecular formula is C28H30ClN5O6. The number of rotatable bonds is 7. The molecule has 1 fully saturated rings. The summed E-state index contributed by atoms with van der Waals surface area (Å²) in [7, 11) is 0. The quantitative estimate of drug-likeness (QED) is 0.435. The van der Waals surface area contributed by atoms with Crippen molar-refractivity contribution in [2.75, 3.05) is 6.54 Å². The van der Waals surface area contributed by atoms with Gasteiger partial charge in [0.25, 0.3) is 5.91 Å². The van der Waals surface area contributed by atoms with Crippen molar-refractivity contribution in [1.82, 2.24) is 19.7 Å². The van der Waals surface area contributed by atoms with Crippen molar-refractivity contribution in [2.24, 2.45) is 11.1 Å². The number of hydrogen-bond acceptors (Lipinski definition) is 8. The molecule has 1 unspecified atom stereocenters. The van der Waals surface area contributed by atoms with E-state index < -0.39 is 23.2 Å². The summed E-state index contributed by atoms with van der Waals surface area (Å²) in [4.78, 5) is 56.3. The van der Waals surface area contributed by atoms with Crippen LogP contribution >= 0.6 is 11.6 Å². The Bertz CT molecular complexity index is 1460. The van der Waals surface area contributed by atoms with Gasteiger partial charge in [-0.25, -0.2) is 4.79 Å². The molecule has 2 aromatic carbocycles. The van der Waals surface area contributed by atoms with Crippen LogP contribution in [0, 0.1) is 5.41 Å². The monoisotopic (exact) mass is 567 g/mol. The average Bonchev–Trinajstić information content (AvgIpc) is 3.35. The van der Waals surface area contributed by atoms with Crippen LogP contribution in [0.4, 0.5) is 0 Å². The number of amides is 2. The first-order valence-electron chi connectivity index (χ1n) is 12.7. The van der Waals surface area contributed by atoms with E-state index in [-0.39, 0.29) is 59.4 Å². The van der Waals surface area contributed by atoms with Crippen LogP contribution in [0.3, 0.4) is 0 Å². The highest BCUT2D eigenvalue weighted by molar-refractivity contribution is 6.36. The van der Waals surface area contributed by atoms with Gasteiger partial charge in [-0.1, -0.05) is 62.7 Å². The summed E-state index contributed by atoms with van der Waals surface area (Å²) in [5, 5.41) is 13.6. The van der Waals surface area contributed by atoms with E-state index in [4.69, 9.17) is 22.1 Å². The number of ether oxygens (including phenoxy) is 1. The zero-order valence-electron chi connectivity index (χ0n) is 22.4. The summed E-state index contributed by atoms with van der Waals surface area (Å²) in [6.45, 7) is 5.71. The number of carboxylic acid groups (broad SMARTS) is 1. The standard InChI is InChI=1S/C28H30ClN5O6/c1-28(2,3)26(39)33-14-18(11-12-21(33)35)23-31-27(40-15-17-9-7-16(13-30)8-10-17)34(32-23)24(36)19-5-4-6-20(22(19)29)25(37)38/h4-10,18H,11-15,30H2,1-3H3,(H,37,38). The maximum Gasteiger partial charge on any atom is 0.337 e. The average molecular weight is 568 g/mol. The normalized spacial score (nSPS) is 15.7. The molecule has 1 saturated heterocycles. The van der Waals surface area contributed by atoms with Crippen LogP contribution in [0.25, 0.3) is 0 Å². The second-order valence-electron chi connectivity index (χ2n) is 10.5. The number of likely N-dealkylation sites (tertiary alicyclic amines) is 1. The van der Waals surface area contributed by atoms with Gasteiger partial charge in [-0.2, -0.15) is 4.98 Å². The van der Waals surface area contributed by atoms with Crippen molar-refractivity contribution in [3.05, 3.63) is 75.6 Å². The van der Waals surface area contributed by atoms with E-state index in [2.05, 4.69) is 10.1 Å². The first-order valence-corrected chi connectivity index (χ1v) is 13.1. The topological polar surface area (TPSA) is 158 Å². The largest absolute Gasteiger partial charge is 0.478 e. The van der Waals surface area contributed by atoms with Crippen LogP contribution in [0.2, 0.25) is 5.02 Å². The number of aromatic nitrogens is 3. The maximum absolute atomic E-state index is 13.6. The smallest absolute Gasteiger partial charge is 0.337 e. The first kappa shape index (κ1) is 28.9. The molecule has 1 aromatic heterocycles. The molecule has 0 spiro atoms. The number of aromatic carboxylic acids is 1. The van der Waals surface area contributed by atoms with Crippen molar-refractivity contribution in [1.29, 1.82) is 0 Å². The lowest BCUT2D eigenvalue weighted by atomic mass is 9.90. The fourth-order valence-corrected chi connectivity index (χ4v) is 4.55. The number of nitrogens with two attached hydrogens (primary N) is 1. The molecule has 3 aromatic rings. The zero-order chi connectivity index (χ0) is 29.2. The van der Waals surface area contributed by atoms with E-state index in [9.17, 15) is 24.3 Å². The SMILES string of the molecule is CC(C)(C)C(=O)N1CC(c2nc(OCc3ccc(CN)cc3)n(C(=O)c3cccc(C(=O)O)c3Cl)n2)CCC1=O. The van der Waals surface area contributed by atoms with E-state index in [1.54, 1.807) is 20.8 Å². The van der Waals surface area contributed by atoms with Crippen molar-refractivity contribution >= 4 is 35.3 Å². The number of piperidine rings is 1. The highest BCUT2D eigenvalue weighted by Gasteiger charge is 2.38. The Morgan fingerprint density at radius 3 is 2.38 bits per heavy atom. The molecule has 4 rings (SSSR count). The Morgan fingerprint density at radius 2 is 1.75 bits per heavy atom. The highest BCUT2D eigenvalue weighted by Crippen LogP contribution is 2.31. The van der Waals surface area contributed by atoms with Gasteiger partial charge in [0.1, 0.15) is 6.61 Å². The molecule has 2 amide bonds. The Hall–Kier alpha value is -4.09. The molecule has 1 aliphatic rings. The predicted molar refractivity (Wildman–Crippen MR) is 145 cm³/mol. The molecule has 210 valence electrons. The molecular weight excluding hydrogens is 538 g/mol. The minimum atomic E-state index is -1.29. The van der Waals surface area contributed by atoms with Crippen molar-refractivity contribution in [3.8, 4) is 6.01 Å². The fourth-order valence-electron chi connectivity index (χ4n) is 4.27. The summed E-state index contributed by atoms with van der Waals surface area (Å²) in [5.41, 5.74) is 6.30. The minimum absolute atomic E-state index is 0.0525. The van der Waals surface area contributed by atoms with Crippen LogP contribution in [-0.2, 0) is 22.7 Å². The highest BCUT2D eigenvalue weighted by atomic mass is 35.5. The Morgan fingerprint density at radius 1 is 1.10 bits per heavy atom. The van der Waals surface area contributed by atoms with E-state index >= 15 is 0 Å². The van der Waals surface area contributed by atoms with Crippen LogP contribution in [0.5, 0.6) is 6.01 Å². The third-order valence-electron chi connectivity index (χ3n) is 6.53. The Kier molecular flexibility index (Phi) is 8.36. The third kappa shape index (κ3) is 6.05. The lowest BCUT2D eigenvalue weighted by Crippen LogP contribution is -2.48. The van der Waals surface area contributed by atoms with Gasteiger partial charge >= 0.3 is 12.0 Å². The zero-order valence-corrected chi connectivity index (χ0v) is 23.1. The lowest BCUT2D eigenvalue weighted by Gasteiger charge is -2.33. The summed E-state index contributed by atoms with van der Waals surface area (Å²) in [5.74, 6) is -2.84. The van der Waals surface area contributed by atoms with Gasteiger partial charge < -0.3 is 15.6 Å². The lowest BCUT2D eigenvalue weighted by molar-refractivity contribution is -0.152. The van der Waals surface area contributed by atoms with Crippen molar-refractivity contribution < 1.29 is 29.0 Å². The van der Waals surface area contributed by atoms with Gasteiger partial charge in [0.2, 0.25) is 11.8 Å². The fraction of sp³-hybridized carbons (Fsp3) is 0.357. The van der Waals surface area contributed by atoms with E-state index in [1.165, 1.54) is 23.1 Å². The summed E-state index contributed by atoms with van der Waals surface area (Å²) in [6, 6.07) is 11.3. The number of imide groups is 1. The molecule has 1 atom stereocenters. The molecule has 3 N–H and O–H groups in total. The van der Waals surface area contributed by atoms with Crippen molar-refractivity contribution in [2.45, 2.75) is 52.7 Å². The number of benzene rings is 2. The number of nitrogens with zero attached hydrogens (tertiary/aromatic N) is 4. The molecule has 1 aliphatic heterocycles. The number of halogens is 1. The summed E-state index contributed by atoms with van der Waals surface area (Å²) < 4.78 is 6.84. The molecule has 11 nitrogen and oxygen atoms in total. The molecule has 0 radical (unpaired) electrons. The summed E-state index contributed by atoms with van der Waals surface area (Å²) in [6.07, 6.45) is 0.491. The van der Waals surface area contributed by atoms with Crippen LogP contribution in [0.1, 0.15) is 77.2 Å².